The van der Waals surface area contributed by atoms with Gasteiger partial charge in [-0.05, 0) is 55.9 Å². The van der Waals surface area contributed by atoms with E-state index in [-0.39, 0.29) is 35.8 Å². The number of aromatic amines is 1. The molecule has 2 atom stereocenters. The summed E-state index contributed by atoms with van der Waals surface area (Å²) in [6.07, 6.45) is 5.69. The summed E-state index contributed by atoms with van der Waals surface area (Å²) >= 11 is 5.97. The zero-order valence-corrected chi connectivity index (χ0v) is 18.2. The van der Waals surface area contributed by atoms with Gasteiger partial charge >= 0.3 is 0 Å². The van der Waals surface area contributed by atoms with Crippen LogP contribution in [0.15, 0.2) is 42.6 Å². The fraction of sp³-hybridized carbons (Fsp3) is 0.375. The van der Waals surface area contributed by atoms with E-state index in [0.29, 0.717) is 5.69 Å². The predicted octanol–water partition coefficient (Wildman–Crippen LogP) is 3.95. The Kier molecular flexibility index (Phi) is 5.18. The molecule has 2 amide bonds. The van der Waals surface area contributed by atoms with Crippen molar-refractivity contribution in [3.63, 3.8) is 0 Å². The van der Waals surface area contributed by atoms with Gasteiger partial charge in [0.1, 0.15) is 11.6 Å². The summed E-state index contributed by atoms with van der Waals surface area (Å²) in [6, 6.07) is 11.8. The molecule has 1 aliphatic heterocycles. The lowest BCUT2D eigenvalue weighted by Gasteiger charge is -2.40. The second kappa shape index (κ2) is 8.00. The highest BCUT2D eigenvalue weighted by molar-refractivity contribution is 6.27. The van der Waals surface area contributed by atoms with Crippen LogP contribution in [0.5, 0.6) is 0 Å². The van der Waals surface area contributed by atoms with Crippen molar-refractivity contribution in [1.82, 2.24) is 20.2 Å². The third-order valence-electron chi connectivity index (χ3n) is 6.55. The van der Waals surface area contributed by atoms with Crippen LogP contribution in [0, 0.1) is 0 Å². The van der Waals surface area contributed by atoms with Gasteiger partial charge in [-0.3, -0.25) is 14.6 Å². The number of carbonyl (C=O) groups excluding carboxylic acids is 2. The maximum atomic E-state index is 12.8. The van der Waals surface area contributed by atoms with Crippen LogP contribution < -0.4 is 5.32 Å². The summed E-state index contributed by atoms with van der Waals surface area (Å²) in [6.45, 7) is 2.05. The van der Waals surface area contributed by atoms with Gasteiger partial charge < -0.3 is 15.2 Å². The van der Waals surface area contributed by atoms with Crippen LogP contribution in [-0.2, 0) is 11.2 Å². The average molecular weight is 437 g/mol. The molecule has 31 heavy (non-hydrogen) atoms. The Morgan fingerprint density at radius 2 is 2.03 bits per heavy atom. The van der Waals surface area contributed by atoms with E-state index in [0.717, 1.165) is 42.5 Å². The number of pyridine rings is 1. The Bertz CT molecular complexity index is 1140. The monoisotopic (exact) mass is 436 g/mol. The molecule has 2 aliphatic rings. The van der Waals surface area contributed by atoms with Crippen LogP contribution in [0.25, 0.3) is 10.9 Å². The molecule has 5 rings (SSSR count). The smallest absolute Gasteiger partial charge is 0.270 e. The molecule has 1 fully saturated rings. The van der Waals surface area contributed by atoms with Crippen molar-refractivity contribution in [1.29, 1.82) is 0 Å². The molecule has 1 aromatic carbocycles. The van der Waals surface area contributed by atoms with Crippen molar-refractivity contribution in [2.24, 2.45) is 0 Å². The van der Waals surface area contributed by atoms with Crippen LogP contribution in [0.2, 0.25) is 0 Å². The number of aromatic nitrogens is 2. The van der Waals surface area contributed by atoms with Crippen molar-refractivity contribution >= 4 is 34.3 Å². The Balaban J connectivity index is 1.54. The number of hydrogen-bond acceptors (Lipinski definition) is 3. The highest BCUT2D eigenvalue weighted by atomic mass is 35.5. The van der Waals surface area contributed by atoms with Crippen molar-refractivity contribution in [3.05, 3.63) is 65.1 Å². The minimum absolute atomic E-state index is 0.00968. The Hall–Kier alpha value is -2.86. The number of fused-ring (bicyclic) bond motifs is 3. The molecule has 2 aromatic heterocycles. The maximum absolute atomic E-state index is 12.8. The Labute approximate surface area is 186 Å². The molecular weight excluding hydrogens is 412 g/mol. The normalized spacial score (nSPS) is 20.9. The lowest BCUT2D eigenvalue weighted by atomic mass is 9.89. The number of H-pyrrole nitrogens is 1. The lowest BCUT2D eigenvalue weighted by molar-refractivity contribution is -0.133. The summed E-state index contributed by atoms with van der Waals surface area (Å²) in [7, 11) is 0. The van der Waals surface area contributed by atoms with Gasteiger partial charge in [0.2, 0.25) is 5.91 Å². The maximum Gasteiger partial charge on any atom is 0.270 e. The first-order chi connectivity index (χ1) is 15.1. The zero-order valence-electron chi connectivity index (χ0n) is 17.4. The van der Waals surface area contributed by atoms with Crippen molar-refractivity contribution in [2.75, 3.05) is 5.88 Å². The molecule has 2 N–H and O–H groups in total. The van der Waals surface area contributed by atoms with Crippen molar-refractivity contribution < 1.29 is 9.59 Å². The van der Waals surface area contributed by atoms with Gasteiger partial charge in [0.25, 0.3) is 5.91 Å². The Morgan fingerprint density at radius 1 is 1.23 bits per heavy atom. The molecule has 1 aliphatic carbocycles. The third kappa shape index (κ3) is 3.49. The van der Waals surface area contributed by atoms with E-state index in [9.17, 15) is 9.59 Å². The van der Waals surface area contributed by atoms with Crippen LogP contribution in [0.4, 0.5) is 0 Å². The molecule has 3 heterocycles. The first-order valence-corrected chi connectivity index (χ1v) is 11.3. The van der Waals surface area contributed by atoms with Gasteiger partial charge in [-0.15, -0.1) is 11.6 Å². The molecule has 7 heteroatoms. The lowest BCUT2D eigenvalue weighted by Crippen LogP contribution is -2.47. The molecule has 0 bridgehead atoms. The van der Waals surface area contributed by atoms with Gasteiger partial charge in [-0.1, -0.05) is 24.3 Å². The molecule has 0 radical (unpaired) electrons. The number of alkyl halides is 1. The number of nitrogens with zero attached hydrogens (tertiary/aromatic N) is 2. The number of para-hydroxylation sites is 1. The van der Waals surface area contributed by atoms with E-state index in [1.54, 1.807) is 12.3 Å². The van der Waals surface area contributed by atoms with E-state index in [1.165, 1.54) is 10.9 Å². The third-order valence-corrected chi connectivity index (χ3v) is 6.78. The summed E-state index contributed by atoms with van der Waals surface area (Å²) in [4.78, 5) is 35.1. The zero-order chi connectivity index (χ0) is 21.5. The molecule has 0 saturated heterocycles. The number of carbonyl (C=O) groups is 2. The molecule has 3 aromatic rings. The van der Waals surface area contributed by atoms with E-state index in [2.05, 4.69) is 34.3 Å². The molecule has 6 nitrogen and oxygen atoms in total. The summed E-state index contributed by atoms with van der Waals surface area (Å²) < 4.78 is 0. The number of benzene rings is 1. The average Bonchev–Trinajstić information content (AvgIpc) is 3.13. The highest BCUT2D eigenvalue weighted by Gasteiger charge is 2.38. The minimum Gasteiger partial charge on any atom is -0.356 e. The van der Waals surface area contributed by atoms with Crippen LogP contribution in [0.3, 0.4) is 0 Å². The highest BCUT2D eigenvalue weighted by Crippen LogP contribution is 2.40. The Morgan fingerprint density at radius 3 is 2.71 bits per heavy atom. The first kappa shape index (κ1) is 20.1. The van der Waals surface area contributed by atoms with Crippen molar-refractivity contribution in [2.45, 2.75) is 50.7 Å². The standard InChI is InChI=1S/C24H25ClN4O2/c1-14-11-18-17-7-2-3-8-19(17)28-22(18)23(29(14)21(30)12-25)15-9-10-20(26-13-15)24(31)27-16-5-4-6-16/h2-3,7-10,13-14,16,23,28H,4-6,11-12H2,1H3,(H,27,31)/t14-,23-/m0/s1. The van der Waals surface area contributed by atoms with Gasteiger partial charge in [0, 0.05) is 34.9 Å². The summed E-state index contributed by atoms with van der Waals surface area (Å²) in [5.74, 6) is -0.338. The fourth-order valence-corrected chi connectivity index (χ4v) is 4.90. The summed E-state index contributed by atoms with van der Waals surface area (Å²) in [5.41, 5.74) is 4.52. The number of halogens is 1. The van der Waals surface area contributed by atoms with E-state index < -0.39 is 0 Å². The molecule has 160 valence electrons. The van der Waals surface area contributed by atoms with Crippen LogP contribution in [0.1, 0.15) is 59.5 Å². The van der Waals surface area contributed by atoms with E-state index >= 15 is 0 Å². The molecular formula is C24H25ClN4O2. The number of rotatable bonds is 4. The van der Waals surface area contributed by atoms with Gasteiger partial charge in [0.05, 0.1) is 6.04 Å². The molecule has 1 saturated carbocycles. The molecule has 0 spiro atoms. The number of hydrogen-bond donors (Lipinski definition) is 2. The largest absolute Gasteiger partial charge is 0.356 e. The van der Waals surface area contributed by atoms with Gasteiger partial charge in [-0.2, -0.15) is 0 Å². The van der Waals surface area contributed by atoms with E-state index in [4.69, 9.17) is 11.6 Å². The SMILES string of the molecule is C[C@H]1Cc2c([nH]c3ccccc23)[C@H](c2ccc(C(=O)NC3CCC3)nc2)N1C(=O)CCl. The van der Waals surface area contributed by atoms with Crippen LogP contribution in [-0.4, -0.2) is 44.6 Å². The number of nitrogens with one attached hydrogen (secondary N) is 2. The van der Waals surface area contributed by atoms with Crippen molar-refractivity contribution in [3.8, 4) is 0 Å². The summed E-state index contributed by atoms with van der Waals surface area (Å²) in [5, 5.41) is 4.20. The van der Waals surface area contributed by atoms with Crippen LogP contribution >= 0.6 is 11.6 Å². The van der Waals surface area contributed by atoms with Gasteiger partial charge in [0.15, 0.2) is 0 Å². The predicted molar refractivity (Wildman–Crippen MR) is 120 cm³/mol. The minimum atomic E-state index is -0.325. The van der Waals surface area contributed by atoms with Gasteiger partial charge in [-0.25, -0.2) is 0 Å². The first-order valence-electron chi connectivity index (χ1n) is 10.8. The fourth-order valence-electron chi connectivity index (χ4n) is 4.76. The second-order valence-corrected chi connectivity index (χ2v) is 8.80. The second-order valence-electron chi connectivity index (χ2n) is 8.53. The topological polar surface area (TPSA) is 78.1 Å². The molecule has 0 unspecified atom stereocenters. The van der Waals surface area contributed by atoms with E-state index in [1.807, 2.05) is 23.1 Å². The quantitative estimate of drug-likeness (QED) is 0.608. The number of amides is 2.